The molecule has 2 heterocycles. The molecule has 0 aromatic carbocycles. The summed E-state index contributed by atoms with van der Waals surface area (Å²) in [6.07, 6.45) is 5.32. The molecule has 1 amide bonds. The molecule has 0 bridgehead atoms. The van der Waals surface area contributed by atoms with Gasteiger partial charge in [-0.15, -0.1) is 0 Å². The molecule has 1 aromatic heterocycles. The highest BCUT2D eigenvalue weighted by atomic mass is 16.6. The summed E-state index contributed by atoms with van der Waals surface area (Å²) >= 11 is 0. The van der Waals surface area contributed by atoms with Crippen LogP contribution in [0.3, 0.4) is 0 Å². The van der Waals surface area contributed by atoms with Gasteiger partial charge in [0, 0.05) is 25.3 Å². The van der Waals surface area contributed by atoms with Crippen molar-refractivity contribution in [3.8, 4) is 0 Å². The first kappa shape index (κ1) is 14.6. The Bertz CT molecular complexity index is 442. The standard InChI is InChI=1S/C15H23N3O2/c1-15(2,3)20-14(19)17-12-6-5-9-18(11-12)13-7-4-8-16-10-13/h4,7-8,10,12H,5-6,9,11H2,1-3H3,(H,17,19)/t12-/m1/s1. The first-order chi connectivity index (χ1) is 9.44. The maximum Gasteiger partial charge on any atom is 0.407 e. The summed E-state index contributed by atoms with van der Waals surface area (Å²) in [5.74, 6) is 0. The number of hydrogen-bond acceptors (Lipinski definition) is 4. The highest BCUT2D eigenvalue weighted by Gasteiger charge is 2.24. The molecular formula is C15H23N3O2. The molecule has 5 heteroatoms. The molecule has 0 saturated carbocycles. The highest BCUT2D eigenvalue weighted by molar-refractivity contribution is 5.68. The maximum atomic E-state index is 11.8. The van der Waals surface area contributed by atoms with E-state index >= 15 is 0 Å². The maximum absolute atomic E-state index is 11.8. The Hall–Kier alpha value is -1.78. The van der Waals surface area contributed by atoms with E-state index in [2.05, 4.69) is 15.2 Å². The van der Waals surface area contributed by atoms with E-state index in [4.69, 9.17) is 4.74 Å². The van der Waals surface area contributed by atoms with Gasteiger partial charge in [-0.3, -0.25) is 4.98 Å². The quantitative estimate of drug-likeness (QED) is 0.902. The van der Waals surface area contributed by atoms with Crippen LogP contribution in [0, 0.1) is 0 Å². The van der Waals surface area contributed by atoms with Crippen molar-refractivity contribution >= 4 is 11.8 Å². The first-order valence-electron chi connectivity index (χ1n) is 7.08. The van der Waals surface area contributed by atoms with E-state index in [1.54, 1.807) is 6.20 Å². The van der Waals surface area contributed by atoms with Crippen LogP contribution in [-0.2, 0) is 4.74 Å². The van der Waals surface area contributed by atoms with Crippen molar-refractivity contribution in [1.29, 1.82) is 0 Å². The molecule has 1 N–H and O–H groups in total. The minimum Gasteiger partial charge on any atom is -0.444 e. The monoisotopic (exact) mass is 277 g/mol. The lowest BCUT2D eigenvalue weighted by Gasteiger charge is -2.34. The number of carbonyl (C=O) groups excluding carboxylic acids is 1. The van der Waals surface area contributed by atoms with Crippen molar-refractivity contribution in [2.75, 3.05) is 18.0 Å². The molecule has 0 spiro atoms. The van der Waals surface area contributed by atoms with Gasteiger partial charge in [0.25, 0.3) is 0 Å². The van der Waals surface area contributed by atoms with E-state index in [0.29, 0.717) is 0 Å². The predicted molar refractivity (Wildman–Crippen MR) is 78.8 cm³/mol. The number of hydrogen-bond donors (Lipinski definition) is 1. The number of anilines is 1. The normalized spacial score (nSPS) is 19.6. The lowest BCUT2D eigenvalue weighted by Crippen LogP contribution is -2.49. The van der Waals surface area contributed by atoms with Crippen molar-refractivity contribution < 1.29 is 9.53 Å². The Kier molecular flexibility index (Phi) is 4.47. The molecule has 20 heavy (non-hydrogen) atoms. The largest absolute Gasteiger partial charge is 0.444 e. The summed E-state index contributed by atoms with van der Waals surface area (Å²) in [5.41, 5.74) is 0.644. The van der Waals surface area contributed by atoms with Crippen LogP contribution in [0.5, 0.6) is 0 Å². The predicted octanol–water partition coefficient (Wildman–Crippen LogP) is 2.58. The van der Waals surface area contributed by atoms with Crippen LogP contribution in [0.1, 0.15) is 33.6 Å². The molecule has 110 valence electrons. The van der Waals surface area contributed by atoms with E-state index in [9.17, 15) is 4.79 Å². The second kappa shape index (κ2) is 6.11. The summed E-state index contributed by atoms with van der Waals surface area (Å²) in [5, 5.41) is 2.95. The molecule has 0 radical (unpaired) electrons. The molecule has 0 unspecified atom stereocenters. The van der Waals surface area contributed by atoms with Gasteiger partial charge in [-0.1, -0.05) is 0 Å². The Labute approximate surface area is 120 Å². The van der Waals surface area contributed by atoms with E-state index in [1.165, 1.54) is 0 Å². The number of aromatic nitrogens is 1. The fourth-order valence-corrected chi connectivity index (χ4v) is 2.34. The van der Waals surface area contributed by atoms with Gasteiger partial charge in [0.1, 0.15) is 5.60 Å². The number of amides is 1. The van der Waals surface area contributed by atoms with E-state index < -0.39 is 5.60 Å². The zero-order chi connectivity index (χ0) is 14.6. The van der Waals surface area contributed by atoms with Crippen molar-refractivity contribution in [1.82, 2.24) is 10.3 Å². The van der Waals surface area contributed by atoms with Gasteiger partial charge in [0.05, 0.1) is 11.9 Å². The van der Waals surface area contributed by atoms with Crippen LogP contribution in [0.2, 0.25) is 0 Å². The first-order valence-corrected chi connectivity index (χ1v) is 7.08. The van der Waals surface area contributed by atoms with Gasteiger partial charge < -0.3 is 15.0 Å². The van der Waals surface area contributed by atoms with Gasteiger partial charge in [0.2, 0.25) is 0 Å². The lowest BCUT2D eigenvalue weighted by molar-refractivity contribution is 0.0500. The fourth-order valence-electron chi connectivity index (χ4n) is 2.34. The third-order valence-electron chi connectivity index (χ3n) is 3.15. The number of nitrogens with one attached hydrogen (secondary N) is 1. The topological polar surface area (TPSA) is 54.5 Å². The Balaban J connectivity index is 1.89. The van der Waals surface area contributed by atoms with Crippen LogP contribution in [-0.4, -0.2) is 35.8 Å². The second-order valence-electron chi connectivity index (χ2n) is 6.14. The lowest BCUT2D eigenvalue weighted by atomic mass is 10.1. The van der Waals surface area contributed by atoms with Gasteiger partial charge in [-0.2, -0.15) is 0 Å². The molecule has 1 aromatic rings. The fraction of sp³-hybridized carbons (Fsp3) is 0.600. The highest BCUT2D eigenvalue weighted by Crippen LogP contribution is 2.19. The number of rotatable bonds is 2. The van der Waals surface area contributed by atoms with Crippen molar-refractivity contribution in [3.05, 3.63) is 24.5 Å². The third kappa shape index (κ3) is 4.40. The molecule has 2 rings (SSSR count). The number of ether oxygens (including phenoxy) is 1. The summed E-state index contributed by atoms with van der Waals surface area (Å²) in [6.45, 7) is 7.41. The van der Waals surface area contributed by atoms with Crippen molar-refractivity contribution in [3.63, 3.8) is 0 Å². The third-order valence-corrected chi connectivity index (χ3v) is 3.15. The number of alkyl carbamates (subject to hydrolysis) is 1. The molecule has 5 nitrogen and oxygen atoms in total. The van der Waals surface area contributed by atoms with Crippen molar-refractivity contribution in [2.24, 2.45) is 0 Å². The molecule has 1 fully saturated rings. The molecular weight excluding hydrogens is 254 g/mol. The molecule has 1 aliphatic rings. The summed E-state index contributed by atoms with van der Waals surface area (Å²) in [4.78, 5) is 18.2. The van der Waals surface area contributed by atoms with Gasteiger partial charge in [-0.05, 0) is 45.7 Å². The summed E-state index contributed by atoms with van der Waals surface area (Å²) < 4.78 is 5.30. The number of carbonyl (C=O) groups is 1. The minimum atomic E-state index is -0.457. The Morgan fingerprint density at radius 2 is 2.30 bits per heavy atom. The van der Waals surface area contributed by atoms with Crippen LogP contribution >= 0.6 is 0 Å². The Morgan fingerprint density at radius 3 is 2.95 bits per heavy atom. The van der Waals surface area contributed by atoms with Crippen molar-refractivity contribution in [2.45, 2.75) is 45.3 Å². The van der Waals surface area contributed by atoms with Crippen LogP contribution in [0.4, 0.5) is 10.5 Å². The number of pyridine rings is 1. The van der Waals surface area contributed by atoms with E-state index in [0.717, 1.165) is 31.6 Å². The van der Waals surface area contributed by atoms with Gasteiger partial charge in [-0.25, -0.2) is 4.79 Å². The SMILES string of the molecule is CC(C)(C)OC(=O)N[C@@H]1CCCN(c2cccnc2)C1. The zero-order valence-electron chi connectivity index (χ0n) is 12.4. The molecule has 1 saturated heterocycles. The zero-order valence-corrected chi connectivity index (χ0v) is 12.4. The van der Waals surface area contributed by atoms with Crippen LogP contribution in [0.15, 0.2) is 24.5 Å². The van der Waals surface area contributed by atoms with E-state index in [-0.39, 0.29) is 12.1 Å². The average molecular weight is 277 g/mol. The van der Waals surface area contributed by atoms with Crippen LogP contribution < -0.4 is 10.2 Å². The molecule has 1 aliphatic heterocycles. The molecule has 0 aliphatic carbocycles. The summed E-state index contributed by atoms with van der Waals surface area (Å²) in [7, 11) is 0. The van der Waals surface area contributed by atoms with E-state index in [1.807, 2.05) is 39.1 Å². The smallest absolute Gasteiger partial charge is 0.407 e. The van der Waals surface area contributed by atoms with Gasteiger partial charge >= 0.3 is 6.09 Å². The molecule has 1 atom stereocenters. The second-order valence-corrected chi connectivity index (χ2v) is 6.14. The summed E-state index contributed by atoms with van der Waals surface area (Å²) in [6, 6.07) is 4.10. The number of nitrogens with zero attached hydrogens (tertiary/aromatic N) is 2. The van der Waals surface area contributed by atoms with Crippen LogP contribution in [0.25, 0.3) is 0 Å². The number of piperidine rings is 1. The van der Waals surface area contributed by atoms with Gasteiger partial charge in [0.15, 0.2) is 0 Å². The average Bonchev–Trinajstić information content (AvgIpc) is 2.38. The Morgan fingerprint density at radius 1 is 1.50 bits per heavy atom. The minimum absolute atomic E-state index is 0.124.